The predicted molar refractivity (Wildman–Crippen MR) is 77.3 cm³/mol. The summed E-state index contributed by atoms with van der Waals surface area (Å²) in [6.45, 7) is 0.759. The number of hydrogen-bond acceptors (Lipinski definition) is 4. The minimum atomic E-state index is -3.68. The van der Waals surface area contributed by atoms with Crippen LogP contribution in [0.15, 0.2) is 21.5 Å². The molecule has 0 bridgehead atoms. The van der Waals surface area contributed by atoms with Crippen LogP contribution in [-0.4, -0.2) is 39.0 Å². The van der Waals surface area contributed by atoms with Gasteiger partial charge in [0.1, 0.15) is 5.82 Å². The molecule has 0 atom stereocenters. The molecule has 1 aliphatic rings. The topological polar surface area (TPSA) is 72.6 Å². The van der Waals surface area contributed by atoms with E-state index < -0.39 is 15.8 Å². The van der Waals surface area contributed by atoms with E-state index in [2.05, 4.69) is 15.9 Å². The number of methoxy groups -OCH3 is 1. The van der Waals surface area contributed by atoms with E-state index in [0.29, 0.717) is 25.9 Å². The molecule has 0 amide bonds. The summed E-state index contributed by atoms with van der Waals surface area (Å²) in [4.78, 5) is -0.00716. The van der Waals surface area contributed by atoms with Crippen molar-refractivity contribution in [3.63, 3.8) is 0 Å². The summed E-state index contributed by atoms with van der Waals surface area (Å²) < 4.78 is 45.2. The zero-order valence-electron chi connectivity index (χ0n) is 11.0. The molecule has 0 saturated carbocycles. The standard InChI is InChI=1S/C12H16BrFN2O3S/c1-19-8-2-4-16(5-3-8)20(17,18)12-7-11(15)10(14)6-9(12)13/h6-8H,2-5,15H2,1H3. The summed E-state index contributed by atoms with van der Waals surface area (Å²) in [5.74, 6) is -0.645. The van der Waals surface area contributed by atoms with Crippen molar-refractivity contribution in [2.45, 2.75) is 23.8 Å². The molecule has 20 heavy (non-hydrogen) atoms. The first-order chi connectivity index (χ1) is 9.36. The molecule has 1 fully saturated rings. The molecule has 8 heteroatoms. The average molecular weight is 367 g/mol. The molecule has 2 rings (SSSR count). The van der Waals surface area contributed by atoms with Crippen LogP contribution < -0.4 is 5.73 Å². The average Bonchev–Trinajstić information content (AvgIpc) is 2.42. The second-order valence-corrected chi connectivity index (χ2v) is 7.40. The minimum absolute atomic E-state index is 0.00716. The quantitative estimate of drug-likeness (QED) is 0.830. The van der Waals surface area contributed by atoms with Crippen LogP contribution in [-0.2, 0) is 14.8 Å². The lowest BCUT2D eigenvalue weighted by molar-refractivity contribution is 0.0604. The Balaban J connectivity index is 2.30. The van der Waals surface area contributed by atoms with E-state index in [1.54, 1.807) is 7.11 Å². The Morgan fingerprint density at radius 1 is 1.40 bits per heavy atom. The van der Waals surface area contributed by atoms with Crippen molar-refractivity contribution in [1.29, 1.82) is 0 Å². The van der Waals surface area contributed by atoms with Gasteiger partial charge in [-0.3, -0.25) is 0 Å². The highest BCUT2D eigenvalue weighted by molar-refractivity contribution is 9.10. The van der Waals surface area contributed by atoms with Crippen molar-refractivity contribution in [3.8, 4) is 0 Å². The third kappa shape index (κ3) is 2.98. The van der Waals surface area contributed by atoms with Crippen LogP contribution in [0.2, 0.25) is 0 Å². The van der Waals surface area contributed by atoms with Crippen LogP contribution in [0, 0.1) is 5.82 Å². The number of halogens is 2. The number of nitrogens with two attached hydrogens (primary N) is 1. The van der Waals surface area contributed by atoms with Crippen molar-refractivity contribution in [2.24, 2.45) is 0 Å². The normalized spacial score (nSPS) is 18.4. The Labute approximate surface area is 126 Å². The lowest BCUT2D eigenvalue weighted by Crippen LogP contribution is -2.40. The number of nitrogens with zero attached hydrogens (tertiary/aromatic N) is 1. The SMILES string of the molecule is COC1CCN(S(=O)(=O)c2cc(N)c(F)cc2Br)CC1. The van der Waals surface area contributed by atoms with E-state index in [9.17, 15) is 12.8 Å². The van der Waals surface area contributed by atoms with Gasteiger partial charge in [0.25, 0.3) is 0 Å². The predicted octanol–water partition coefficient (Wildman–Crippen LogP) is 1.97. The van der Waals surface area contributed by atoms with Gasteiger partial charge in [-0.25, -0.2) is 12.8 Å². The van der Waals surface area contributed by atoms with Crippen LogP contribution in [0.25, 0.3) is 0 Å². The monoisotopic (exact) mass is 366 g/mol. The third-order valence-electron chi connectivity index (χ3n) is 3.40. The molecule has 5 nitrogen and oxygen atoms in total. The van der Waals surface area contributed by atoms with Gasteiger partial charge in [-0.05, 0) is 40.9 Å². The third-order valence-corrected chi connectivity index (χ3v) is 6.26. The molecule has 2 N–H and O–H groups in total. The summed E-state index contributed by atoms with van der Waals surface area (Å²) in [6, 6.07) is 2.22. The zero-order chi connectivity index (χ0) is 14.9. The van der Waals surface area contributed by atoms with Gasteiger partial charge in [-0.15, -0.1) is 0 Å². The molecule has 0 unspecified atom stereocenters. The van der Waals surface area contributed by atoms with E-state index in [4.69, 9.17) is 10.5 Å². The first-order valence-corrected chi connectivity index (χ1v) is 8.37. The first-order valence-electron chi connectivity index (χ1n) is 6.13. The van der Waals surface area contributed by atoms with Crippen molar-refractivity contribution in [3.05, 3.63) is 22.4 Å². The molecule has 1 saturated heterocycles. The van der Waals surface area contributed by atoms with Gasteiger partial charge in [0, 0.05) is 24.7 Å². The Morgan fingerprint density at radius 2 is 2.00 bits per heavy atom. The maximum Gasteiger partial charge on any atom is 0.244 e. The van der Waals surface area contributed by atoms with Gasteiger partial charge in [-0.1, -0.05) is 0 Å². The second kappa shape index (κ2) is 5.97. The van der Waals surface area contributed by atoms with Crippen LogP contribution in [0.4, 0.5) is 10.1 Å². The number of sulfonamides is 1. The van der Waals surface area contributed by atoms with Crippen molar-refractivity contribution in [1.82, 2.24) is 4.31 Å². The van der Waals surface area contributed by atoms with E-state index in [0.717, 1.165) is 12.1 Å². The molecule has 0 aliphatic carbocycles. The molecule has 0 radical (unpaired) electrons. The number of ether oxygens (including phenoxy) is 1. The second-order valence-electron chi connectivity index (χ2n) is 4.64. The molecular weight excluding hydrogens is 351 g/mol. The highest BCUT2D eigenvalue weighted by atomic mass is 79.9. The Kier molecular flexibility index (Phi) is 4.68. The number of anilines is 1. The summed E-state index contributed by atoms with van der Waals surface area (Å²) in [5.41, 5.74) is 5.28. The van der Waals surface area contributed by atoms with Gasteiger partial charge in [0.05, 0.1) is 16.7 Å². The maximum absolute atomic E-state index is 13.3. The highest BCUT2D eigenvalue weighted by Crippen LogP contribution is 2.30. The van der Waals surface area contributed by atoms with Crippen molar-refractivity contribution >= 4 is 31.6 Å². The first kappa shape index (κ1) is 15.7. The zero-order valence-corrected chi connectivity index (χ0v) is 13.4. The van der Waals surface area contributed by atoms with E-state index in [-0.39, 0.29) is 21.2 Å². The Bertz CT molecular complexity index is 601. The summed E-state index contributed by atoms with van der Waals surface area (Å²) in [6.07, 6.45) is 1.37. The lowest BCUT2D eigenvalue weighted by Gasteiger charge is -2.30. The van der Waals surface area contributed by atoms with Crippen LogP contribution in [0.5, 0.6) is 0 Å². The lowest BCUT2D eigenvalue weighted by atomic mass is 10.1. The van der Waals surface area contributed by atoms with Crippen molar-refractivity contribution < 1.29 is 17.5 Å². The van der Waals surface area contributed by atoms with E-state index >= 15 is 0 Å². The van der Waals surface area contributed by atoms with Crippen LogP contribution >= 0.6 is 15.9 Å². The number of benzene rings is 1. The molecule has 112 valence electrons. The largest absolute Gasteiger partial charge is 0.396 e. The summed E-state index contributed by atoms with van der Waals surface area (Å²) in [7, 11) is -2.06. The Morgan fingerprint density at radius 3 is 2.55 bits per heavy atom. The van der Waals surface area contributed by atoms with E-state index in [1.165, 1.54) is 4.31 Å². The molecule has 0 spiro atoms. The molecule has 1 heterocycles. The van der Waals surface area contributed by atoms with Crippen molar-refractivity contribution in [2.75, 3.05) is 25.9 Å². The van der Waals surface area contributed by atoms with Gasteiger partial charge in [0.2, 0.25) is 10.0 Å². The number of hydrogen-bond donors (Lipinski definition) is 1. The van der Waals surface area contributed by atoms with E-state index in [1.807, 2.05) is 0 Å². The highest BCUT2D eigenvalue weighted by Gasteiger charge is 2.31. The molecule has 0 aromatic heterocycles. The molecule has 1 aromatic carbocycles. The number of nitrogen functional groups attached to an aromatic ring is 1. The fourth-order valence-electron chi connectivity index (χ4n) is 2.19. The van der Waals surface area contributed by atoms with Crippen LogP contribution in [0.1, 0.15) is 12.8 Å². The summed E-state index contributed by atoms with van der Waals surface area (Å²) >= 11 is 3.08. The van der Waals surface area contributed by atoms with Gasteiger partial charge in [-0.2, -0.15) is 4.31 Å². The summed E-state index contributed by atoms with van der Waals surface area (Å²) in [5, 5.41) is 0. The molecule has 1 aliphatic heterocycles. The maximum atomic E-state index is 13.3. The fourth-order valence-corrected chi connectivity index (χ4v) is 4.67. The van der Waals surface area contributed by atoms with Gasteiger partial charge < -0.3 is 10.5 Å². The van der Waals surface area contributed by atoms with Crippen LogP contribution in [0.3, 0.4) is 0 Å². The molecular formula is C12H16BrFN2O3S. The Hall–Kier alpha value is -0.700. The smallest absolute Gasteiger partial charge is 0.244 e. The molecule has 1 aromatic rings. The van der Waals surface area contributed by atoms with Gasteiger partial charge >= 0.3 is 0 Å². The minimum Gasteiger partial charge on any atom is -0.396 e. The number of rotatable bonds is 3. The van der Waals surface area contributed by atoms with Gasteiger partial charge in [0.15, 0.2) is 0 Å². The number of piperidine rings is 1. The fraction of sp³-hybridized carbons (Fsp3) is 0.500.